The van der Waals surface area contributed by atoms with E-state index in [0.29, 0.717) is 24.1 Å². The number of nitrogens with one attached hydrogen (secondary N) is 2. The smallest absolute Gasteiger partial charge is 0.261 e. The van der Waals surface area contributed by atoms with Gasteiger partial charge in [-0.1, -0.05) is 33.0 Å². The molecule has 0 atom stereocenters. The molecule has 4 aromatic rings. The first-order chi connectivity index (χ1) is 22.4. The number of pyridine rings is 1. The van der Waals surface area contributed by atoms with E-state index in [4.69, 9.17) is 19.4 Å². The molecule has 12 heteroatoms. The molecule has 6 rings (SSSR count). The van der Waals surface area contributed by atoms with Gasteiger partial charge in [0.2, 0.25) is 5.95 Å². The zero-order valence-electron chi connectivity index (χ0n) is 26.6. The van der Waals surface area contributed by atoms with E-state index in [-0.39, 0.29) is 18.6 Å². The maximum Gasteiger partial charge on any atom is 0.261 e. The number of halogens is 1. The van der Waals surface area contributed by atoms with Gasteiger partial charge >= 0.3 is 0 Å². The van der Waals surface area contributed by atoms with Crippen LogP contribution in [0.3, 0.4) is 0 Å². The van der Waals surface area contributed by atoms with Gasteiger partial charge in [-0.2, -0.15) is 4.98 Å². The zero-order valence-corrected chi connectivity index (χ0v) is 29.1. The minimum absolute atomic E-state index is 0.0541. The van der Waals surface area contributed by atoms with Crippen LogP contribution >= 0.6 is 23.9 Å². The van der Waals surface area contributed by atoms with E-state index in [1.54, 1.807) is 19.6 Å². The van der Waals surface area contributed by atoms with E-state index in [0.717, 1.165) is 64.8 Å². The Morgan fingerprint density at radius 3 is 2.65 bits per heavy atom. The number of piperidine rings is 1. The van der Waals surface area contributed by atoms with E-state index in [2.05, 4.69) is 81.0 Å². The number of para-hydroxylation sites is 1. The third kappa shape index (κ3) is 6.76. The molecule has 4 heterocycles. The van der Waals surface area contributed by atoms with Gasteiger partial charge < -0.3 is 29.9 Å². The Morgan fingerprint density at radius 2 is 1.89 bits per heavy atom. The number of fused-ring (bicyclic) bond motifs is 1. The van der Waals surface area contributed by atoms with Gasteiger partial charge in [0.15, 0.2) is 6.61 Å². The van der Waals surface area contributed by atoms with Crippen molar-refractivity contribution in [1.29, 1.82) is 0 Å². The largest absolute Gasteiger partial charge is 0.494 e. The summed E-state index contributed by atoms with van der Waals surface area (Å²) in [6, 6.07) is 12.7. The average molecular weight is 705 g/mol. The number of aryl methyl sites for hydroxylation is 1. The fraction of sp³-hybridized carbons (Fsp3) is 0.353. The number of aromatic nitrogens is 3. The van der Waals surface area contributed by atoms with Gasteiger partial charge in [-0.05, 0) is 72.3 Å². The van der Waals surface area contributed by atoms with Gasteiger partial charge in [0.05, 0.1) is 40.9 Å². The van der Waals surface area contributed by atoms with E-state index in [1.165, 1.54) is 10.9 Å². The van der Waals surface area contributed by atoms with Crippen molar-refractivity contribution in [2.75, 3.05) is 62.2 Å². The molecular formula is C34H39BrN7O3P. The summed E-state index contributed by atoms with van der Waals surface area (Å²) in [5, 5.41) is 9.33. The van der Waals surface area contributed by atoms with Crippen LogP contribution in [0.5, 0.6) is 5.75 Å². The minimum Gasteiger partial charge on any atom is -0.494 e. The lowest BCUT2D eigenvalue weighted by Gasteiger charge is -2.39. The minimum atomic E-state index is -0.422. The quantitative estimate of drug-likeness (QED) is 0.188. The molecule has 1 fully saturated rings. The van der Waals surface area contributed by atoms with Gasteiger partial charge in [0, 0.05) is 54.3 Å². The molecule has 2 aliphatic rings. The molecule has 1 saturated heterocycles. The second-order valence-electron chi connectivity index (χ2n) is 11.6. The number of hydrogen-bond donors (Lipinski definition) is 2. The summed E-state index contributed by atoms with van der Waals surface area (Å²) in [5.41, 5.74) is 5.07. The lowest BCUT2D eigenvalue weighted by molar-refractivity contribution is -0.135. The first-order valence-electron chi connectivity index (χ1n) is 15.5. The number of hydrogen-bond acceptors (Lipinski definition) is 9. The van der Waals surface area contributed by atoms with Crippen LogP contribution in [0.25, 0.3) is 10.9 Å². The Morgan fingerprint density at radius 1 is 1.09 bits per heavy atom. The van der Waals surface area contributed by atoms with Crippen LogP contribution in [0.2, 0.25) is 0 Å². The van der Waals surface area contributed by atoms with Crippen LogP contribution in [-0.4, -0.2) is 78.5 Å². The topological polar surface area (TPSA) is 105 Å². The molecule has 1 amide bonds. The fourth-order valence-electron chi connectivity index (χ4n) is 6.22. The standard InChI is InChI=1S/C34H39BrN7O3P/c1-5-22-17-27(30(44-2)18-29(22)41-14-11-23(12-15-41)42-13-8-16-45-21-31(42)43)39-34-37-19-25(35)33(40-34)38-28-20-36-26-10-7-6-9-24(26)32(28)46(3)4/h6-10,16-20,23H,5,11-15,21H2,1-4H3,(H2,37,38,39,40). The van der Waals surface area contributed by atoms with Crippen LogP contribution in [0.4, 0.5) is 28.8 Å². The molecule has 240 valence electrons. The van der Waals surface area contributed by atoms with Gasteiger partial charge in [-0.3, -0.25) is 9.78 Å². The summed E-state index contributed by atoms with van der Waals surface area (Å²) < 4.78 is 11.9. The molecule has 0 aliphatic carbocycles. The molecule has 2 aromatic carbocycles. The number of benzene rings is 2. The van der Waals surface area contributed by atoms with E-state index in [9.17, 15) is 4.79 Å². The maximum absolute atomic E-state index is 12.6. The summed E-state index contributed by atoms with van der Waals surface area (Å²) in [7, 11) is 1.26. The van der Waals surface area contributed by atoms with Crippen molar-refractivity contribution < 1.29 is 14.3 Å². The molecule has 0 spiro atoms. The summed E-state index contributed by atoms with van der Waals surface area (Å²) in [6.07, 6.45) is 9.84. The molecule has 46 heavy (non-hydrogen) atoms. The third-order valence-corrected chi connectivity index (χ3v) is 10.4. The summed E-state index contributed by atoms with van der Waals surface area (Å²) in [6.45, 7) is 9.09. The predicted octanol–water partition coefficient (Wildman–Crippen LogP) is 6.55. The second-order valence-corrected chi connectivity index (χ2v) is 14.6. The highest BCUT2D eigenvalue weighted by molar-refractivity contribution is 9.10. The molecule has 2 aromatic heterocycles. The monoisotopic (exact) mass is 703 g/mol. The lowest BCUT2D eigenvalue weighted by atomic mass is 10.00. The number of carbonyl (C=O) groups is 1. The average Bonchev–Trinajstić information content (AvgIpc) is 3.29. The van der Waals surface area contributed by atoms with Gasteiger partial charge in [0.1, 0.15) is 11.6 Å². The molecule has 0 unspecified atom stereocenters. The number of nitrogens with zero attached hydrogens (tertiary/aromatic N) is 5. The van der Waals surface area contributed by atoms with Crippen molar-refractivity contribution in [3.63, 3.8) is 0 Å². The number of anilines is 5. The van der Waals surface area contributed by atoms with Crippen molar-refractivity contribution in [1.82, 2.24) is 19.9 Å². The normalized spacial score (nSPS) is 15.7. The number of rotatable bonds is 9. The predicted molar refractivity (Wildman–Crippen MR) is 191 cm³/mol. The summed E-state index contributed by atoms with van der Waals surface area (Å²) in [5.74, 6) is 1.86. The summed E-state index contributed by atoms with van der Waals surface area (Å²) in [4.78, 5) is 31.0. The van der Waals surface area contributed by atoms with Gasteiger partial charge in [-0.25, -0.2) is 4.98 Å². The van der Waals surface area contributed by atoms with E-state index in [1.807, 2.05) is 29.3 Å². The molecule has 0 radical (unpaired) electrons. The highest BCUT2D eigenvalue weighted by Gasteiger charge is 2.29. The van der Waals surface area contributed by atoms with Crippen LogP contribution in [0.1, 0.15) is 25.3 Å². The Hall–Kier alpha value is -3.95. The number of carbonyl (C=O) groups excluding carboxylic acids is 1. The Bertz CT molecular complexity index is 1760. The zero-order chi connectivity index (χ0) is 32.2. The summed E-state index contributed by atoms with van der Waals surface area (Å²) >= 11 is 3.63. The second kappa shape index (κ2) is 14.2. The van der Waals surface area contributed by atoms with Crippen LogP contribution < -0.4 is 25.6 Å². The Balaban J connectivity index is 1.22. The highest BCUT2D eigenvalue weighted by Crippen LogP contribution is 2.38. The van der Waals surface area contributed by atoms with Crippen LogP contribution in [0, 0.1) is 0 Å². The van der Waals surface area contributed by atoms with Gasteiger partial charge in [-0.15, -0.1) is 0 Å². The number of amides is 1. The van der Waals surface area contributed by atoms with Crippen molar-refractivity contribution in [3.8, 4) is 5.75 Å². The SMILES string of the molecule is CCc1cc(Nc2ncc(Br)c(Nc3cnc4ccccc4c3P(C)C)n2)c(OC)cc1N1CCC(N2CC=COCC2=O)CC1. The first-order valence-corrected chi connectivity index (χ1v) is 18.5. The Kier molecular flexibility index (Phi) is 9.89. The van der Waals surface area contributed by atoms with E-state index < -0.39 is 7.92 Å². The van der Waals surface area contributed by atoms with Crippen molar-refractivity contribution in [2.24, 2.45) is 0 Å². The van der Waals surface area contributed by atoms with E-state index >= 15 is 0 Å². The molecule has 2 N–H and O–H groups in total. The van der Waals surface area contributed by atoms with Gasteiger partial charge in [0.25, 0.3) is 5.91 Å². The van der Waals surface area contributed by atoms with Crippen LogP contribution in [-0.2, 0) is 16.0 Å². The van der Waals surface area contributed by atoms with Crippen molar-refractivity contribution >= 4 is 74.8 Å². The molecular weight excluding hydrogens is 665 g/mol. The molecule has 0 saturated carbocycles. The molecule has 2 aliphatic heterocycles. The highest BCUT2D eigenvalue weighted by atomic mass is 79.9. The first kappa shape index (κ1) is 32.0. The van der Waals surface area contributed by atoms with Crippen molar-refractivity contribution in [2.45, 2.75) is 32.2 Å². The van der Waals surface area contributed by atoms with Crippen molar-refractivity contribution in [3.05, 3.63) is 71.2 Å². The molecule has 0 bridgehead atoms. The Labute approximate surface area is 279 Å². The number of methoxy groups -OCH3 is 1. The third-order valence-electron chi connectivity index (χ3n) is 8.49. The van der Waals surface area contributed by atoms with Crippen LogP contribution in [0.15, 0.2) is 65.6 Å². The lowest BCUT2D eigenvalue weighted by Crippen LogP contribution is -2.48. The molecule has 10 nitrogen and oxygen atoms in total. The maximum atomic E-state index is 12.6. The fourth-order valence-corrected chi connectivity index (χ4v) is 7.78. The number of ether oxygens (including phenoxy) is 2.